The van der Waals surface area contributed by atoms with E-state index in [1.54, 1.807) is 18.2 Å². The van der Waals surface area contributed by atoms with Gasteiger partial charge in [-0.1, -0.05) is 34.1 Å². The second kappa shape index (κ2) is 5.32. The number of nitrogens with one attached hydrogen (secondary N) is 1. The summed E-state index contributed by atoms with van der Waals surface area (Å²) >= 11 is 3.33. The topological polar surface area (TPSA) is 75.2 Å². The molecule has 5 nitrogen and oxygen atoms in total. The Morgan fingerprint density at radius 2 is 2.17 bits per heavy atom. The van der Waals surface area contributed by atoms with Gasteiger partial charge in [-0.3, -0.25) is 4.79 Å². The number of aromatic hydroxyl groups is 1. The molecule has 2 N–H and O–H groups in total. The summed E-state index contributed by atoms with van der Waals surface area (Å²) in [5.74, 6) is -0.0199. The van der Waals surface area contributed by atoms with E-state index in [0.717, 1.165) is 0 Å². The Morgan fingerprint density at radius 1 is 1.44 bits per heavy atom. The molecule has 0 spiro atoms. The first-order chi connectivity index (χ1) is 8.63. The molecule has 1 aromatic carbocycles. The van der Waals surface area contributed by atoms with Gasteiger partial charge in [0.15, 0.2) is 0 Å². The van der Waals surface area contributed by atoms with Crippen molar-refractivity contribution in [1.82, 2.24) is 9.97 Å². The number of benzene rings is 1. The van der Waals surface area contributed by atoms with Crippen molar-refractivity contribution in [3.8, 4) is 17.0 Å². The van der Waals surface area contributed by atoms with Crippen molar-refractivity contribution in [3.63, 3.8) is 0 Å². The molecule has 0 aliphatic rings. The zero-order chi connectivity index (χ0) is 13.1. The Balaban J connectivity index is 2.60. The van der Waals surface area contributed by atoms with Crippen molar-refractivity contribution in [2.45, 2.75) is 6.61 Å². The molecule has 2 aromatic rings. The largest absolute Gasteiger partial charge is 0.493 e. The minimum Gasteiger partial charge on any atom is -0.493 e. The van der Waals surface area contributed by atoms with Crippen LogP contribution in [0.3, 0.4) is 0 Å². The van der Waals surface area contributed by atoms with Crippen LogP contribution in [0.1, 0.15) is 5.82 Å². The van der Waals surface area contributed by atoms with Gasteiger partial charge in [0.25, 0.3) is 5.56 Å². The second-order valence-corrected chi connectivity index (χ2v) is 4.48. The molecular formula is C12H11BrN2O3. The summed E-state index contributed by atoms with van der Waals surface area (Å²) in [6.45, 7) is 0.138. The zero-order valence-corrected chi connectivity index (χ0v) is 11.2. The third-order valence-electron chi connectivity index (χ3n) is 2.37. The fourth-order valence-electron chi connectivity index (χ4n) is 1.62. The van der Waals surface area contributed by atoms with Crippen molar-refractivity contribution in [2.24, 2.45) is 0 Å². The van der Waals surface area contributed by atoms with Crippen molar-refractivity contribution in [3.05, 3.63) is 44.9 Å². The molecule has 0 aliphatic carbocycles. The maximum absolute atomic E-state index is 12.0. The lowest BCUT2D eigenvalue weighted by atomic mass is 10.1. The van der Waals surface area contributed by atoms with Gasteiger partial charge < -0.3 is 14.8 Å². The van der Waals surface area contributed by atoms with Crippen LogP contribution in [0, 0.1) is 0 Å². The smallest absolute Gasteiger partial charge is 0.262 e. The summed E-state index contributed by atoms with van der Waals surface area (Å²) in [7, 11) is 1.48. The number of halogens is 1. The standard InChI is InChI=1S/C12H11BrN2O3/c1-18-6-9-14-11(16)10(12(17)15-9)7-4-2-3-5-8(7)13/h2-5H,6H2,1H3,(H2,14,15,16,17). The van der Waals surface area contributed by atoms with Gasteiger partial charge in [0.2, 0.25) is 5.88 Å². The predicted molar refractivity (Wildman–Crippen MR) is 70.4 cm³/mol. The number of nitrogens with zero attached hydrogens (tertiary/aromatic N) is 1. The summed E-state index contributed by atoms with van der Waals surface area (Å²) in [6, 6.07) is 7.12. The molecule has 94 valence electrons. The number of hydrogen-bond donors (Lipinski definition) is 2. The molecule has 0 bridgehead atoms. The molecular weight excluding hydrogens is 300 g/mol. The molecule has 2 rings (SSSR count). The first-order valence-corrected chi connectivity index (χ1v) is 5.98. The molecule has 0 aliphatic heterocycles. The van der Waals surface area contributed by atoms with E-state index in [1.165, 1.54) is 7.11 Å². The SMILES string of the molecule is COCc1nc(O)c(-c2ccccc2Br)c(=O)[nH]1. The van der Waals surface area contributed by atoms with Crippen LogP contribution in [0.2, 0.25) is 0 Å². The van der Waals surface area contributed by atoms with Crippen LogP contribution >= 0.6 is 15.9 Å². The van der Waals surface area contributed by atoms with E-state index in [-0.39, 0.29) is 23.9 Å². The fourth-order valence-corrected chi connectivity index (χ4v) is 2.10. The molecule has 18 heavy (non-hydrogen) atoms. The first kappa shape index (κ1) is 12.8. The van der Waals surface area contributed by atoms with Gasteiger partial charge in [-0.15, -0.1) is 0 Å². The van der Waals surface area contributed by atoms with Crippen LogP contribution < -0.4 is 5.56 Å². The molecule has 1 aromatic heterocycles. The Bertz CT molecular complexity index is 625. The van der Waals surface area contributed by atoms with Gasteiger partial charge in [0.05, 0.1) is 0 Å². The number of aromatic nitrogens is 2. The van der Waals surface area contributed by atoms with E-state index < -0.39 is 5.56 Å². The van der Waals surface area contributed by atoms with Crippen molar-refractivity contribution >= 4 is 15.9 Å². The number of hydrogen-bond acceptors (Lipinski definition) is 4. The van der Waals surface area contributed by atoms with Crippen molar-refractivity contribution in [2.75, 3.05) is 7.11 Å². The summed E-state index contributed by atoms with van der Waals surface area (Å²) in [5.41, 5.74) is 0.330. The highest BCUT2D eigenvalue weighted by atomic mass is 79.9. The number of ether oxygens (including phenoxy) is 1. The zero-order valence-electron chi connectivity index (χ0n) is 9.61. The molecule has 0 saturated carbocycles. The van der Waals surface area contributed by atoms with E-state index in [9.17, 15) is 9.90 Å². The average Bonchev–Trinajstić information content (AvgIpc) is 2.31. The summed E-state index contributed by atoms with van der Waals surface area (Å²) in [4.78, 5) is 18.4. The van der Waals surface area contributed by atoms with Gasteiger partial charge in [-0.25, -0.2) is 0 Å². The first-order valence-electron chi connectivity index (χ1n) is 5.19. The molecule has 0 saturated heterocycles. The van der Waals surface area contributed by atoms with E-state index in [2.05, 4.69) is 25.9 Å². The normalized spacial score (nSPS) is 10.6. The van der Waals surface area contributed by atoms with E-state index in [1.807, 2.05) is 6.07 Å². The molecule has 0 fully saturated rings. The molecule has 0 amide bonds. The number of rotatable bonds is 3. The lowest BCUT2D eigenvalue weighted by Crippen LogP contribution is -2.14. The summed E-state index contributed by atoms with van der Waals surface area (Å²) in [6.07, 6.45) is 0. The van der Waals surface area contributed by atoms with Crippen molar-refractivity contribution < 1.29 is 9.84 Å². The predicted octanol–water partition coefficient (Wildman–Crippen LogP) is 2.05. The number of methoxy groups -OCH3 is 1. The van der Waals surface area contributed by atoms with Crippen LogP contribution in [0.25, 0.3) is 11.1 Å². The Hall–Kier alpha value is -1.66. The molecule has 0 unspecified atom stereocenters. The van der Waals surface area contributed by atoms with E-state index >= 15 is 0 Å². The van der Waals surface area contributed by atoms with Gasteiger partial charge in [0, 0.05) is 17.1 Å². The molecule has 0 radical (unpaired) electrons. The third kappa shape index (κ3) is 2.44. The fraction of sp³-hybridized carbons (Fsp3) is 0.167. The van der Waals surface area contributed by atoms with Crippen LogP contribution in [0.15, 0.2) is 33.5 Å². The van der Waals surface area contributed by atoms with Crippen LogP contribution in [0.4, 0.5) is 0 Å². The van der Waals surface area contributed by atoms with Crippen LogP contribution in [-0.4, -0.2) is 22.2 Å². The summed E-state index contributed by atoms with van der Waals surface area (Å²) < 4.78 is 5.57. The van der Waals surface area contributed by atoms with E-state index in [0.29, 0.717) is 10.0 Å². The highest BCUT2D eigenvalue weighted by Crippen LogP contribution is 2.29. The lowest BCUT2D eigenvalue weighted by Gasteiger charge is -2.07. The van der Waals surface area contributed by atoms with Gasteiger partial charge in [-0.2, -0.15) is 4.98 Å². The van der Waals surface area contributed by atoms with Crippen LogP contribution in [-0.2, 0) is 11.3 Å². The van der Waals surface area contributed by atoms with Crippen molar-refractivity contribution in [1.29, 1.82) is 0 Å². The third-order valence-corrected chi connectivity index (χ3v) is 3.07. The minimum absolute atomic E-state index is 0.138. The lowest BCUT2D eigenvalue weighted by molar-refractivity contribution is 0.176. The monoisotopic (exact) mass is 310 g/mol. The minimum atomic E-state index is -0.401. The quantitative estimate of drug-likeness (QED) is 0.910. The van der Waals surface area contributed by atoms with E-state index in [4.69, 9.17) is 4.74 Å². The van der Waals surface area contributed by atoms with Gasteiger partial charge >= 0.3 is 0 Å². The Kier molecular flexibility index (Phi) is 3.78. The highest BCUT2D eigenvalue weighted by Gasteiger charge is 2.14. The number of H-pyrrole nitrogens is 1. The van der Waals surface area contributed by atoms with Crippen LogP contribution in [0.5, 0.6) is 5.88 Å². The Morgan fingerprint density at radius 3 is 2.78 bits per heavy atom. The maximum Gasteiger partial charge on any atom is 0.262 e. The molecule has 6 heteroatoms. The molecule has 0 atom stereocenters. The molecule has 1 heterocycles. The highest BCUT2D eigenvalue weighted by molar-refractivity contribution is 9.10. The van der Waals surface area contributed by atoms with Gasteiger partial charge in [-0.05, 0) is 6.07 Å². The van der Waals surface area contributed by atoms with Gasteiger partial charge in [0.1, 0.15) is 18.0 Å². The Labute approximate surface area is 112 Å². The number of aromatic amines is 1. The average molecular weight is 311 g/mol. The summed E-state index contributed by atoms with van der Waals surface area (Å²) in [5, 5.41) is 9.87. The maximum atomic E-state index is 12.0. The second-order valence-electron chi connectivity index (χ2n) is 3.62.